The summed E-state index contributed by atoms with van der Waals surface area (Å²) in [6.45, 7) is 0. The third kappa shape index (κ3) is 5.28. The predicted octanol–water partition coefficient (Wildman–Crippen LogP) is -2.40. The van der Waals surface area contributed by atoms with E-state index in [4.69, 9.17) is 9.47 Å². The molecule has 0 fully saturated rings. The van der Waals surface area contributed by atoms with E-state index in [0.717, 1.165) is 11.0 Å². The van der Waals surface area contributed by atoms with Crippen LogP contribution in [0.4, 0.5) is 0 Å². The number of benzene rings is 2. The molecule has 0 unspecified atom stereocenters. The number of nitrogens with zero attached hydrogens (tertiary/aromatic N) is 2. The van der Waals surface area contributed by atoms with Crippen LogP contribution in [0, 0.1) is 0 Å². The smallest absolute Gasteiger partial charge is 0.541 e. The van der Waals surface area contributed by atoms with Gasteiger partial charge in [-0.05, 0) is 30.3 Å². The van der Waals surface area contributed by atoms with Crippen molar-refractivity contribution in [2.24, 2.45) is 0 Å². The summed E-state index contributed by atoms with van der Waals surface area (Å²) in [5, 5.41) is 20.6. The number of ketones is 1. The summed E-state index contributed by atoms with van der Waals surface area (Å²) in [4.78, 5) is 21.4. The van der Waals surface area contributed by atoms with Gasteiger partial charge in [0.25, 0.3) is 0 Å². The first-order valence-corrected chi connectivity index (χ1v) is 6.80. The molecule has 2 aromatic carbocycles. The summed E-state index contributed by atoms with van der Waals surface area (Å²) in [7, 11) is 2.84. The van der Waals surface area contributed by atoms with E-state index in [1.807, 2.05) is 24.3 Å². The number of methoxy groups -OCH3 is 2. The second kappa shape index (κ2) is 9.77. The average Bonchev–Trinajstić information content (AvgIpc) is 3.09. The second-order valence-electron chi connectivity index (χ2n) is 4.50. The fraction of sp³-hybridized carbons (Fsp3) is 0.125. The van der Waals surface area contributed by atoms with Gasteiger partial charge in [0.1, 0.15) is 17.0 Å². The maximum absolute atomic E-state index is 11.1. The van der Waals surface area contributed by atoms with E-state index in [9.17, 15) is 14.7 Å². The van der Waals surface area contributed by atoms with E-state index < -0.39 is 11.8 Å². The molecule has 25 heavy (non-hydrogen) atoms. The molecular weight excluding hydrogens is 337 g/mol. The van der Waals surface area contributed by atoms with Gasteiger partial charge in [0.2, 0.25) is 5.78 Å². The molecule has 0 atom stereocenters. The van der Waals surface area contributed by atoms with Crippen molar-refractivity contribution >= 4 is 22.8 Å². The molecule has 0 radical (unpaired) electrons. The molecule has 0 aliphatic rings. The Hall–Kier alpha value is -2.42. The van der Waals surface area contributed by atoms with Crippen LogP contribution in [-0.4, -0.2) is 41.4 Å². The number of aliphatic carboxylic acids is 1. The van der Waals surface area contributed by atoms with Gasteiger partial charge in [-0.2, -0.15) is 15.4 Å². The number of nitrogens with one attached hydrogen (secondary N) is 1. The summed E-state index contributed by atoms with van der Waals surface area (Å²) in [5.74, 6) is -2.12. The summed E-state index contributed by atoms with van der Waals surface area (Å²) in [6.07, 6.45) is 0. The first kappa shape index (κ1) is 20.6. The number of carboxylic acids is 1. The number of H-pyrrole nitrogens is 1. The molecule has 3 aromatic rings. The molecule has 0 amide bonds. The number of Topliss-reactive ketones (excluding diaryl/α,β-unsaturated/α-hetero) is 1. The Morgan fingerprint density at radius 3 is 2.00 bits per heavy atom. The van der Waals surface area contributed by atoms with Gasteiger partial charge in [-0.3, -0.25) is 4.79 Å². The Labute approximate surface area is 165 Å². The number of carbonyl (C=O) groups excluding carboxylic acids is 2. The summed E-state index contributed by atoms with van der Waals surface area (Å²) < 4.78 is 9.85. The van der Waals surface area contributed by atoms with Crippen LogP contribution in [-0.2, 0) is 4.79 Å². The zero-order valence-corrected chi connectivity index (χ0v) is 16.0. The zero-order chi connectivity index (χ0) is 17.5. The van der Waals surface area contributed by atoms with E-state index in [0.29, 0.717) is 11.5 Å². The topological polar surface area (TPSA) is 117 Å². The summed E-state index contributed by atoms with van der Waals surface area (Å²) >= 11 is 0. The fourth-order valence-corrected chi connectivity index (χ4v) is 1.88. The standard InChI is InChI=1S/C10H10O5.C6H5N3.Na/c1-14-7-4-3-6(5-8(7)15-2)9(11)10(12)13;1-2-4-6-5(3-1)7-9-8-6;/h3-5H,1-2H3,(H,12,13);1-4H,(H,7,8,9);/q;;+1/p-1. The number of carbonyl (C=O) groups is 2. The van der Waals surface area contributed by atoms with Gasteiger partial charge in [0.15, 0.2) is 11.5 Å². The Balaban J connectivity index is 0.000000266. The van der Waals surface area contributed by atoms with Gasteiger partial charge in [-0.25, -0.2) is 0 Å². The Bertz CT molecular complexity index is 836. The van der Waals surface area contributed by atoms with Gasteiger partial charge >= 0.3 is 29.6 Å². The number of rotatable bonds is 4. The number of hydrogen-bond acceptors (Lipinski definition) is 7. The van der Waals surface area contributed by atoms with Gasteiger partial charge in [0.05, 0.1) is 14.2 Å². The largest absolute Gasteiger partial charge is 1.00 e. The van der Waals surface area contributed by atoms with Crippen molar-refractivity contribution in [2.75, 3.05) is 14.2 Å². The first-order valence-electron chi connectivity index (χ1n) is 6.80. The molecule has 1 heterocycles. The normalized spacial score (nSPS) is 9.36. The molecule has 9 heteroatoms. The number of para-hydroxylation sites is 2. The van der Waals surface area contributed by atoms with Crippen LogP contribution in [0.3, 0.4) is 0 Å². The number of hydrogen-bond donors (Lipinski definition) is 1. The van der Waals surface area contributed by atoms with Crippen LogP contribution in [0.2, 0.25) is 0 Å². The van der Waals surface area contributed by atoms with Crippen LogP contribution < -0.4 is 44.1 Å². The molecule has 0 saturated carbocycles. The van der Waals surface area contributed by atoms with Crippen LogP contribution in [0.25, 0.3) is 11.0 Å². The fourth-order valence-electron chi connectivity index (χ4n) is 1.88. The molecule has 1 N–H and O–H groups in total. The Morgan fingerprint density at radius 2 is 1.52 bits per heavy atom. The third-order valence-electron chi connectivity index (χ3n) is 3.05. The van der Waals surface area contributed by atoms with E-state index in [2.05, 4.69) is 15.4 Å². The maximum Gasteiger partial charge on any atom is 1.00 e. The van der Waals surface area contributed by atoms with Crippen LogP contribution in [0.1, 0.15) is 10.4 Å². The van der Waals surface area contributed by atoms with Crippen LogP contribution in [0.15, 0.2) is 42.5 Å². The molecule has 3 rings (SSSR count). The van der Waals surface area contributed by atoms with Crippen molar-refractivity contribution in [3.8, 4) is 11.5 Å². The van der Waals surface area contributed by atoms with Gasteiger partial charge < -0.3 is 19.4 Å². The molecule has 0 aliphatic carbocycles. The van der Waals surface area contributed by atoms with E-state index in [1.165, 1.54) is 32.4 Å². The van der Waals surface area contributed by atoms with E-state index in [-0.39, 0.29) is 35.1 Å². The van der Waals surface area contributed by atoms with Crippen molar-refractivity contribution in [1.29, 1.82) is 0 Å². The molecule has 0 aliphatic heterocycles. The average molecular weight is 351 g/mol. The molecule has 0 saturated heterocycles. The van der Waals surface area contributed by atoms with Crippen molar-refractivity contribution in [2.45, 2.75) is 0 Å². The van der Waals surface area contributed by atoms with E-state index >= 15 is 0 Å². The summed E-state index contributed by atoms with van der Waals surface area (Å²) in [5.41, 5.74) is 1.82. The Morgan fingerprint density at radius 1 is 0.960 bits per heavy atom. The van der Waals surface area contributed by atoms with Crippen LogP contribution >= 0.6 is 0 Å². The van der Waals surface area contributed by atoms with Gasteiger partial charge in [-0.1, -0.05) is 12.1 Å². The summed E-state index contributed by atoms with van der Waals surface area (Å²) in [6, 6.07) is 11.8. The minimum Gasteiger partial charge on any atom is -0.541 e. The number of aromatic amines is 1. The Kier molecular flexibility index (Phi) is 8.06. The molecule has 8 nitrogen and oxygen atoms in total. The maximum atomic E-state index is 11.1. The minimum atomic E-state index is -1.75. The van der Waals surface area contributed by atoms with Crippen molar-refractivity contribution in [1.82, 2.24) is 15.4 Å². The first-order chi connectivity index (χ1) is 11.6. The van der Waals surface area contributed by atoms with Crippen LogP contribution in [0.5, 0.6) is 11.5 Å². The number of aromatic nitrogens is 3. The second-order valence-corrected chi connectivity index (χ2v) is 4.50. The molecule has 0 bridgehead atoms. The quantitative estimate of drug-likeness (QED) is 0.316. The predicted molar refractivity (Wildman–Crippen MR) is 82.8 cm³/mol. The zero-order valence-electron chi connectivity index (χ0n) is 14.0. The number of carboxylic acid groups (broad SMARTS) is 1. The van der Waals surface area contributed by atoms with Crippen molar-refractivity contribution < 1.29 is 53.7 Å². The monoisotopic (exact) mass is 351 g/mol. The minimum absolute atomic E-state index is 0. The molecule has 124 valence electrons. The molecular formula is C16H14N3NaO5. The molecule has 1 aromatic heterocycles. The van der Waals surface area contributed by atoms with Crippen molar-refractivity contribution in [3.63, 3.8) is 0 Å². The number of ether oxygens (including phenoxy) is 2. The van der Waals surface area contributed by atoms with E-state index in [1.54, 1.807) is 0 Å². The SMILES string of the molecule is COc1ccc(C(=O)C(=O)[O-])cc1OC.[Na+].c1ccc2n[nH]nc2c1. The third-order valence-corrected chi connectivity index (χ3v) is 3.05. The van der Waals surface area contributed by atoms with Gasteiger partial charge in [0, 0.05) is 5.56 Å². The molecule has 0 spiro atoms. The number of fused-ring (bicyclic) bond motifs is 1. The van der Waals surface area contributed by atoms with Gasteiger partial charge in [-0.15, -0.1) is 0 Å². The van der Waals surface area contributed by atoms with Crippen molar-refractivity contribution in [3.05, 3.63) is 48.0 Å².